The lowest BCUT2D eigenvalue weighted by Crippen LogP contribution is -2.05. The second-order valence-electron chi connectivity index (χ2n) is 4.38. The lowest BCUT2D eigenvalue weighted by Gasteiger charge is -2.15. The number of fused-ring (bicyclic) bond motifs is 1. The number of aromatic nitrogens is 2. The van der Waals surface area contributed by atoms with Gasteiger partial charge in [0.25, 0.3) is 0 Å². The molecule has 3 rings (SSSR count). The van der Waals surface area contributed by atoms with Gasteiger partial charge in [0.15, 0.2) is 0 Å². The molecular formula is C15H13FN2O. The summed E-state index contributed by atoms with van der Waals surface area (Å²) in [5.74, 6) is 0.369. The molecule has 0 amide bonds. The quantitative estimate of drug-likeness (QED) is 0.773. The summed E-state index contributed by atoms with van der Waals surface area (Å²) < 4.78 is 19.4. The van der Waals surface area contributed by atoms with Gasteiger partial charge in [0.2, 0.25) is 0 Å². The number of nitrogens with zero attached hydrogens (tertiary/aromatic N) is 1. The molecule has 0 saturated carbocycles. The first-order valence-corrected chi connectivity index (χ1v) is 6.07. The van der Waals surface area contributed by atoms with Crippen molar-refractivity contribution in [3.05, 3.63) is 60.3 Å². The highest BCUT2D eigenvalue weighted by Crippen LogP contribution is 2.26. The molecule has 0 radical (unpaired) electrons. The Hall–Kier alpha value is -2.36. The second kappa shape index (κ2) is 4.72. The molecular weight excluding hydrogens is 243 g/mol. The van der Waals surface area contributed by atoms with Crippen LogP contribution in [0.1, 0.15) is 18.6 Å². The van der Waals surface area contributed by atoms with E-state index in [1.165, 1.54) is 6.20 Å². The number of aromatic amines is 1. The van der Waals surface area contributed by atoms with E-state index in [2.05, 4.69) is 9.97 Å². The van der Waals surface area contributed by atoms with Crippen molar-refractivity contribution < 1.29 is 9.13 Å². The maximum Gasteiger partial charge on any atom is 0.148 e. The SMILES string of the molecule is CC(Oc1ccc2[nH]ccc2c1)c1ccncc1F. The number of pyridine rings is 1. The summed E-state index contributed by atoms with van der Waals surface area (Å²) in [4.78, 5) is 6.85. The molecule has 0 bridgehead atoms. The molecule has 0 fully saturated rings. The smallest absolute Gasteiger partial charge is 0.148 e. The molecule has 2 heterocycles. The number of H-pyrrole nitrogens is 1. The Balaban J connectivity index is 1.86. The fourth-order valence-corrected chi connectivity index (χ4v) is 2.09. The third-order valence-electron chi connectivity index (χ3n) is 3.08. The zero-order valence-electron chi connectivity index (χ0n) is 10.4. The molecule has 3 nitrogen and oxygen atoms in total. The highest BCUT2D eigenvalue weighted by Gasteiger charge is 2.12. The Morgan fingerprint density at radius 1 is 1.26 bits per heavy atom. The minimum atomic E-state index is -0.362. The molecule has 0 aliphatic heterocycles. The Bertz CT molecular complexity index is 708. The van der Waals surface area contributed by atoms with E-state index < -0.39 is 0 Å². The van der Waals surface area contributed by atoms with E-state index in [0.29, 0.717) is 5.56 Å². The number of nitrogens with one attached hydrogen (secondary N) is 1. The van der Waals surface area contributed by atoms with Gasteiger partial charge in [-0.15, -0.1) is 0 Å². The van der Waals surface area contributed by atoms with Crippen molar-refractivity contribution in [1.82, 2.24) is 9.97 Å². The number of ether oxygens (including phenoxy) is 1. The van der Waals surface area contributed by atoms with E-state index >= 15 is 0 Å². The Labute approximate surface area is 110 Å². The van der Waals surface area contributed by atoms with Gasteiger partial charge in [-0.3, -0.25) is 4.98 Å². The van der Waals surface area contributed by atoms with Crippen molar-refractivity contribution in [2.45, 2.75) is 13.0 Å². The predicted octanol–water partition coefficient (Wildman–Crippen LogP) is 3.84. The first kappa shape index (κ1) is 11.7. The standard InChI is InChI=1S/C15H13FN2O/c1-10(13-5-6-17-9-14(13)16)19-12-2-3-15-11(8-12)4-7-18-15/h2-10,18H,1H3. The van der Waals surface area contributed by atoms with Crippen molar-refractivity contribution in [3.63, 3.8) is 0 Å². The van der Waals surface area contributed by atoms with Crippen LogP contribution in [0, 0.1) is 5.82 Å². The minimum absolute atomic E-state index is 0.349. The van der Waals surface area contributed by atoms with E-state index in [-0.39, 0.29) is 11.9 Å². The molecule has 2 aromatic heterocycles. The summed E-state index contributed by atoms with van der Waals surface area (Å²) in [5, 5.41) is 1.07. The van der Waals surface area contributed by atoms with Crippen LogP contribution in [0.4, 0.5) is 4.39 Å². The summed E-state index contributed by atoms with van der Waals surface area (Å²) >= 11 is 0. The highest BCUT2D eigenvalue weighted by atomic mass is 19.1. The molecule has 3 aromatic rings. The van der Waals surface area contributed by atoms with E-state index in [1.54, 1.807) is 12.3 Å². The fourth-order valence-electron chi connectivity index (χ4n) is 2.09. The maximum atomic E-state index is 13.6. The van der Waals surface area contributed by atoms with Crippen LogP contribution in [0.5, 0.6) is 5.75 Å². The monoisotopic (exact) mass is 256 g/mol. The van der Waals surface area contributed by atoms with Gasteiger partial charge >= 0.3 is 0 Å². The van der Waals surface area contributed by atoms with Gasteiger partial charge < -0.3 is 9.72 Å². The van der Waals surface area contributed by atoms with Crippen molar-refractivity contribution in [3.8, 4) is 5.75 Å². The van der Waals surface area contributed by atoms with Crippen LogP contribution in [0.15, 0.2) is 48.9 Å². The summed E-state index contributed by atoms with van der Waals surface area (Å²) in [6, 6.07) is 9.35. The first-order chi connectivity index (χ1) is 9.24. The van der Waals surface area contributed by atoms with Crippen LogP contribution >= 0.6 is 0 Å². The summed E-state index contributed by atoms with van der Waals surface area (Å²) in [6.45, 7) is 1.82. The van der Waals surface area contributed by atoms with Crippen LogP contribution in [0.2, 0.25) is 0 Å². The van der Waals surface area contributed by atoms with Crippen molar-refractivity contribution in [2.24, 2.45) is 0 Å². The average Bonchev–Trinajstić information content (AvgIpc) is 2.86. The van der Waals surface area contributed by atoms with Crippen molar-refractivity contribution >= 4 is 10.9 Å². The van der Waals surface area contributed by atoms with Crippen LogP contribution in [0.25, 0.3) is 10.9 Å². The third kappa shape index (κ3) is 2.29. The number of rotatable bonds is 3. The number of hydrogen-bond acceptors (Lipinski definition) is 2. The average molecular weight is 256 g/mol. The van der Waals surface area contributed by atoms with Gasteiger partial charge in [0.05, 0.1) is 6.20 Å². The molecule has 96 valence electrons. The van der Waals surface area contributed by atoms with Gasteiger partial charge in [0, 0.05) is 28.9 Å². The summed E-state index contributed by atoms with van der Waals surface area (Å²) in [5.41, 5.74) is 1.55. The summed E-state index contributed by atoms with van der Waals surface area (Å²) in [7, 11) is 0. The van der Waals surface area contributed by atoms with Crippen molar-refractivity contribution in [1.29, 1.82) is 0 Å². The highest BCUT2D eigenvalue weighted by molar-refractivity contribution is 5.80. The molecule has 0 aliphatic rings. The first-order valence-electron chi connectivity index (χ1n) is 6.07. The predicted molar refractivity (Wildman–Crippen MR) is 71.5 cm³/mol. The van der Waals surface area contributed by atoms with E-state index in [1.807, 2.05) is 37.4 Å². The Morgan fingerprint density at radius 2 is 2.16 bits per heavy atom. The number of benzene rings is 1. The van der Waals surface area contributed by atoms with Gasteiger partial charge in [-0.25, -0.2) is 4.39 Å². The zero-order valence-corrected chi connectivity index (χ0v) is 10.4. The van der Waals surface area contributed by atoms with E-state index in [4.69, 9.17) is 4.74 Å². The largest absolute Gasteiger partial charge is 0.486 e. The zero-order chi connectivity index (χ0) is 13.2. The van der Waals surface area contributed by atoms with Crippen LogP contribution < -0.4 is 4.74 Å². The fraction of sp³-hybridized carbons (Fsp3) is 0.133. The topological polar surface area (TPSA) is 37.9 Å². The van der Waals surface area contributed by atoms with Crippen LogP contribution in [0.3, 0.4) is 0 Å². The van der Waals surface area contributed by atoms with Gasteiger partial charge in [-0.2, -0.15) is 0 Å². The lowest BCUT2D eigenvalue weighted by atomic mass is 10.1. The minimum Gasteiger partial charge on any atom is -0.486 e. The van der Waals surface area contributed by atoms with E-state index in [0.717, 1.165) is 16.7 Å². The molecule has 1 atom stereocenters. The molecule has 1 N–H and O–H groups in total. The number of hydrogen-bond donors (Lipinski definition) is 1. The molecule has 1 aromatic carbocycles. The van der Waals surface area contributed by atoms with Crippen LogP contribution in [-0.4, -0.2) is 9.97 Å². The van der Waals surface area contributed by atoms with Gasteiger partial charge in [0.1, 0.15) is 17.7 Å². The molecule has 19 heavy (non-hydrogen) atoms. The third-order valence-corrected chi connectivity index (χ3v) is 3.08. The van der Waals surface area contributed by atoms with Crippen molar-refractivity contribution in [2.75, 3.05) is 0 Å². The van der Waals surface area contributed by atoms with E-state index in [9.17, 15) is 4.39 Å². The normalized spacial score (nSPS) is 12.5. The van der Waals surface area contributed by atoms with Gasteiger partial charge in [-0.1, -0.05) is 0 Å². The Kier molecular flexibility index (Phi) is 2.91. The molecule has 0 aliphatic carbocycles. The van der Waals surface area contributed by atoms with Gasteiger partial charge in [-0.05, 0) is 37.3 Å². The molecule has 0 saturated heterocycles. The second-order valence-corrected chi connectivity index (χ2v) is 4.38. The molecule has 1 unspecified atom stereocenters. The summed E-state index contributed by atoms with van der Waals surface area (Å²) in [6.07, 6.45) is 4.28. The number of halogens is 1. The lowest BCUT2D eigenvalue weighted by molar-refractivity contribution is 0.221. The Morgan fingerprint density at radius 3 is 3.00 bits per heavy atom. The molecule has 4 heteroatoms. The van der Waals surface area contributed by atoms with Crippen LogP contribution in [-0.2, 0) is 0 Å². The maximum absolute atomic E-state index is 13.6. The molecule has 0 spiro atoms.